The fourth-order valence-electron chi connectivity index (χ4n) is 2.95. The highest BCUT2D eigenvalue weighted by Gasteiger charge is 2.22. The maximum absolute atomic E-state index is 5.64. The second-order valence-corrected chi connectivity index (χ2v) is 6.08. The topological polar surface area (TPSA) is 80.2 Å². The Kier molecular flexibility index (Phi) is 3.49. The van der Waals surface area contributed by atoms with Gasteiger partial charge in [-0.1, -0.05) is 11.2 Å². The van der Waals surface area contributed by atoms with Crippen molar-refractivity contribution < 1.29 is 8.83 Å². The number of oxazole rings is 1. The summed E-state index contributed by atoms with van der Waals surface area (Å²) in [5.74, 6) is 0.605. The third kappa shape index (κ3) is 2.92. The number of fused-ring (bicyclic) bond motifs is 1. The van der Waals surface area contributed by atoms with Gasteiger partial charge in [-0.05, 0) is 50.9 Å². The van der Waals surface area contributed by atoms with E-state index in [4.69, 9.17) is 8.83 Å². The molecule has 3 heterocycles. The van der Waals surface area contributed by atoms with Crippen LogP contribution in [0.15, 0.2) is 27.0 Å². The van der Waals surface area contributed by atoms with Crippen molar-refractivity contribution in [3.63, 3.8) is 0 Å². The SMILES string of the molecule is Cc1ccc2oc(Nc3nnc(CN4CCCC4C)o3)nc2c1. The minimum atomic E-state index is 0.301. The molecular weight excluding hydrogens is 294 g/mol. The van der Waals surface area contributed by atoms with Crippen molar-refractivity contribution in [2.24, 2.45) is 0 Å². The molecule has 1 aliphatic rings. The maximum Gasteiger partial charge on any atom is 0.323 e. The van der Waals surface area contributed by atoms with Crippen molar-refractivity contribution in [3.05, 3.63) is 29.7 Å². The van der Waals surface area contributed by atoms with E-state index in [1.54, 1.807) is 0 Å². The molecule has 1 fully saturated rings. The predicted octanol–water partition coefficient (Wildman–Crippen LogP) is 3.25. The number of hydrogen-bond donors (Lipinski definition) is 1. The fourth-order valence-corrected chi connectivity index (χ4v) is 2.95. The summed E-state index contributed by atoms with van der Waals surface area (Å²) in [6.07, 6.45) is 2.45. The molecular formula is C16H19N5O2. The summed E-state index contributed by atoms with van der Waals surface area (Å²) < 4.78 is 11.3. The molecule has 7 heteroatoms. The molecule has 2 aromatic heterocycles. The summed E-state index contributed by atoms with van der Waals surface area (Å²) in [7, 11) is 0. The zero-order chi connectivity index (χ0) is 15.8. The van der Waals surface area contributed by atoms with E-state index >= 15 is 0 Å². The summed E-state index contributed by atoms with van der Waals surface area (Å²) in [5, 5.41) is 11.0. The molecule has 1 aliphatic heterocycles. The van der Waals surface area contributed by atoms with E-state index in [1.807, 2.05) is 25.1 Å². The number of aryl methyl sites for hydroxylation is 1. The van der Waals surface area contributed by atoms with Gasteiger partial charge < -0.3 is 8.83 Å². The van der Waals surface area contributed by atoms with Crippen LogP contribution in [-0.4, -0.2) is 32.7 Å². The molecule has 0 bridgehead atoms. The van der Waals surface area contributed by atoms with E-state index in [0.717, 1.165) is 23.2 Å². The number of anilines is 2. The van der Waals surface area contributed by atoms with Crippen LogP contribution >= 0.6 is 0 Å². The van der Waals surface area contributed by atoms with Crippen molar-refractivity contribution in [2.45, 2.75) is 39.3 Å². The lowest BCUT2D eigenvalue weighted by molar-refractivity contribution is 0.235. The Morgan fingerprint density at radius 3 is 3.00 bits per heavy atom. The van der Waals surface area contributed by atoms with Gasteiger partial charge in [0.05, 0.1) is 6.54 Å². The molecule has 1 unspecified atom stereocenters. The van der Waals surface area contributed by atoms with Crippen LogP contribution in [0.1, 0.15) is 31.2 Å². The fraction of sp³-hybridized carbons (Fsp3) is 0.438. The number of aromatic nitrogens is 3. The first-order chi connectivity index (χ1) is 11.2. The lowest BCUT2D eigenvalue weighted by atomic mass is 10.2. The van der Waals surface area contributed by atoms with Crippen LogP contribution in [0.4, 0.5) is 12.0 Å². The summed E-state index contributed by atoms with van der Waals surface area (Å²) >= 11 is 0. The van der Waals surface area contributed by atoms with Gasteiger partial charge in [0.2, 0.25) is 5.89 Å². The second kappa shape index (κ2) is 5.66. The van der Waals surface area contributed by atoms with Gasteiger partial charge in [-0.15, -0.1) is 5.10 Å². The van der Waals surface area contributed by atoms with E-state index in [1.165, 1.54) is 12.8 Å². The first-order valence-corrected chi connectivity index (χ1v) is 7.88. The van der Waals surface area contributed by atoms with Gasteiger partial charge in [0.25, 0.3) is 0 Å². The van der Waals surface area contributed by atoms with Crippen LogP contribution in [0.2, 0.25) is 0 Å². The number of likely N-dealkylation sites (tertiary alicyclic amines) is 1. The summed E-state index contributed by atoms with van der Waals surface area (Å²) in [5.41, 5.74) is 2.67. The highest BCUT2D eigenvalue weighted by molar-refractivity contribution is 5.75. The lowest BCUT2D eigenvalue weighted by Crippen LogP contribution is -2.26. The Balaban J connectivity index is 1.47. The van der Waals surface area contributed by atoms with Crippen LogP contribution < -0.4 is 5.32 Å². The van der Waals surface area contributed by atoms with Gasteiger partial charge in [-0.3, -0.25) is 10.2 Å². The van der Waals surface area contributed by atoms with Crippen LogP contribution in [0.25, 0.3) is 11.1 Å². The van der Waals surface area contributed by atoms with Crippen LogP contribution in [0.5, 0.6) is 0 Å². The van der Waals surface area contributed by atoms with E-state index in [9.17, 15) is 0 Å². The Hall–Kier alpha value is -2.41. The van der Waals surface area contributed by atoms with Crippen LogP contribution in [0.3, 0.4) is 0 Å². The first-order valence-electron chi connectivity index (χ1n) is 7.88. The van der Waals surface area contributed by atoms with E-state index in [2.05, 4.69) is 32.3 Å². The average molecular weight is 313 g/mol. The van der Waals surface area contributed by atoms with E-state index in [0.29, 0.717) is 30.5 Å². The van der Waals surface area contributed by atoms with Gasteiger partial charge in [0, 0.05) is 6.04 Å². The van der Waals surface area contributed by atoms with E-state index < -0.39 is 0 Å². The normalized spacial score (nSPS) is 18.8. The predicted molar refractivity (Wildman–Crippen MR) is 85.4 cm³/mol. The number of nitrogens with one attached hydrogen (secondary N) is 1. The third-order valence-electron chi connectivity index (χ3n) is 4.25. The monoisotopic (exact) mass is 313 g/mol. The molecule has 0 aliphatic carbocycles. The van der Waals surface area contributed by atoms with Gasteiger partial charge in [-0.25, -0.2) is 0 Å². The molecule has 1 saturated heterocycles. The molecule has 120 valence electrons. The quantitative estimate of drug-likeness (QED) is 0.792. The zero-order valence-electron chi connectivity index (χ0n) is 13.2. The Morgan fingerprint density at radius 1 is 1.26 bits per heavy atom. The van der Waals surface area contributed by atoms with Crippen LogP contribution in [0, 0.1) is 6.92 Å². The van der Waals surface area contributed by atoms with Gasteiger partial charge >= 0.3 is 12.0 Å². The largest absolute Gasteiger partial charge is 0.423 e. The second-order valence-electron chi connectivity index (χ2n) is 6.08. The van der Waals surface area contributed by atoms with Gasteiger partial charge in [-0.2, -0.15) is 4.98 Å². The van der Waals surface area contributed by atoms with Gasteiger partial charge in [0.15, 0.2) is 5.58 Å². The summed E-state index contributed by atoms with van der Waals surface area (Å²) in [6.45, 7) is 6.01. The Labute approximate surface area is 133 Å². The summed E-state index contributed by atoms with van der Waals surface area (Å²) in [4.78, 5) is 6.72. The minimum Gasteiger partial charge on any atom is -0.423 e. The Morgan fingerprint density at radius 2 is 2.17 bits per heavy atom. The molecule has 1 aromatic carbocycles. The van der Waals surface area contributed by atoms with Gasteiger partial charge in [0.1, 0.15) is 5.52 Å². The number of benzene rings is 1. The highest BCUT2D eigenvalue weighted by atomic mass is 16.4. The minimum absolute atomic E-state index is 0.301. The van der Waals surface area contributed by atoms with Crippen molar-refractivity contribution in [2.75, 3.05) is 11.9 Å². The molecule has 0 amide bonds. The number of rotatable bonds is 4. The standard InChI is InChI=1S/C16H19N5O2/c1-10-5-6-13-12(8-10)17-15(22-13)18-16-20-19-14(23-16)9-21-7-3-4-11(21)2/h5-6,8,11H,3-4,7,9H2,1-2H3,(H,17,18,20). The van der Waals surface area contributed by atoms with Crippen molar-refractivity contribution in [3.8, 4) is 0 Å². The molecule has 0 saturated carbocycles. The van der Waals surface area contributed by atoms with Crippen molar-refractivity contribution in [1.29, 1.82) is 0 Å². The Bertz CT molecular complexity index is 825. The molecule has 7 nitrogen and oxygen atoms in total. The maximum atomic E-state index is 5.64. The molecule has 0 spiro atoms. The van der Waals surface area contributed by atoms with Crippen molar-refractivity contribution in [1.82, 2.24) is 20.1 Å². The first kappa shape index (κ1) is 14.2. The smallest absolute Gasteiger partial charge is 0.323 e. The highest BCUT2D eigenvalue weighted by Crippen LogP contribution is 2.23. The molecule has 0 radical (unpaired) electrons. The van der Waals surface area contributed by atoms with E-state index in [-0.39, 0.29) is 0 Å². The average Bonchev–Trinajstić information content (AvgIpc) is 3.21. The number of hydrogen-bond acceptors (Lipinski definition) is 7. The molecule has 1 N–H and O–H groups in total. The lowest BCUT2D eigenvalue weighted by Gasteiger charge is -2.17. The summed E-state index contributed by atoms with van der Waals surface area (Å²) in [6, 6.07) is 7.08. The molecule has 23 heavy (non-hydrogen) atoms. The van der Waals surface area contributed by atoms with Crippen LogP contribution in [-0.2, 0) is 6.54 Å². The third-order valence-corrected chi connectivity index (χ3v) is 4.25. The van der Waals surface area contributed by atoms with Crippen molar-refractivity contribution >= 4 is 23.1 Å². The molecule has 1 atom stereocenters. The number of nitrogens with zero attached hydrogens (tertiary/aromatic N) is 4. The zero-order valence-corrected chi connectivity index (χ0v) is 13.2. The molecule has 4 rings (SSSR count). The molecule has 3 aromatic rings.